The van der Waals surface area contributed by atoms with E-state index >= 15 is 0 Å². The predicted molar refractivity (Wildman–Crippen MR) is 69.3 cm³/mol. The van der Waals surface area contributed by atoms with E-state index in [9.17, 15) is 4.79 Å². The molecule has 0 atom stereocenters. The van der Waals surface area contributed by atoms with Crippen molar-refractivity contribution in [1.82, 2.24) is 9.78 Å². The summed E-state index contributed by atoms with van der Waals surface area (Å²) in [5.41, 5.74) is 4.15. The molecule has 18 heavy (non-hydrogen) atoms. The minimum Gasteiger partial charge on any atom is -0.481 e. The minimum atomic E-state index is -0.795. The Morgan fingerprint density at radius 1 is 1.33 bits per heavy atom. The van der Waals surface area contributed by atoms with Crippen LogP contribution in [0.25, 0.3) is 11.1 Å². The van der Waals surface area contributed by atoms with Gasteiger partial charge in [0.05, 0.1) is 12.1 Å². The van der Waals surface area contributed by atoms with Gasteiger partial charge in [0, 0.05) is 25.2 Å². The zero-order valence-electron chi connectivity index (χ0n) is 10.6. The first-order chi connectivity index (χ1) is 8.58. The van der Waals surface area contributed by atoms with Crippen LogP contribution < -0.4 is 0 Å². The molecule has 2 aromatic rings. The van der Waals surface area contributed by atoms with E-state index in [0.29, 0.717) is 6.42 Å². The Kier molecular flexibility index (Phi) is 3.46. The summed E-state index contributed by atoms with van der Waals surface area (Å²) in [6, 6.07) is 8.06. The highest BCUT2D eigenvalue weighted by Gasteiger charge is 2.12. The molecule has 0 saturated heterocycles. The quantitative estimate of drug-likeness (QED) is 0.898. The van der Waals surface area contributed by atoms with Crippen molar-refractivity contribution in [3.8, 4) is 11.1 Å². The Morgan fingerprint density at radius 3 is 2.72 bits per heavy atom. The van der Waals surface area contributed by atoms with Crippen molar-refractivity contribution in [2.45, 2.75) is 19.8 Å². The van der Waals surface area contributed by atoms with Crippen molar-refractivity contribution in [2.75, 3.05) is 0 Å². The van der Waals surface area contributed by atoms with E-state index in [4.69, 9.17) is 5.11 Å². The summed E-state index contributed by atoms with van der Waals surface area (Å²) in [7, 11) is 1.85. The smallest absolute Gasteiger partial charge is 0.303 e. The van der Waals surface area contributed by atoms with E-state index in [2.05, 4.69) is 5.10 Å². The number of aryl methyl sites for hydroxylation is 3. The van der Waals surface area contributed by atoms with Gasteiger partial charge in [0.1, 0.15) is 0 Å². The van der Waals surface area contributed by atoms with Gasteiger partial charge in [-0.3, -0.25) is 9.48 Å². The van der Waals surface area contributed by atoms with Crippen molar-refractivity contribution in [1.29, 1.82) is 0 Å². The van der Waals surface area contributed by atoms with Gasteiger partial charge in [-0.2, -0.15) is 5.10 Å². The van der Waals surface area contributed by atoms with Crippen LogP contribution in [0.4, 0.5) is 0 Å². The molecule has 0 aliphatic carbocycles. The van der Waals surface area contributed by atoms with Gasteiger partial charge >= 0.3 is 5.97 Å². The molecular weight excluding hydrogens is 228 g/mol. The van der Waals surface area contributed by atoms with Crippen LogP contribution in [0.15, 0.2) is 30.5 Å². The van der Waals surface area contributed by atoms with Gasteiger partial charge in [0.25, 0.3) is 0 Å². The fraction of sp³-hybridized carbons (Fsp3) is 0.286. The topological polar surface area (TPSA) is 55.1 Å². The summed E-state index contributed by atoms with van der Waals surface area (Å²) in [5.74, 6) is -0.795. The Labute approximate surface area is 106 Å². The van der Waals surface area contributed by atoms with E-state index < -0.39 is 5.97 Å². The van der Waals surface area contributed by atoms with E-state index in [0.717, 1.165) is 16.8 Å². The summed E-state index contributed by atoms with van der Waals surface area (Å²) in [4.78, 5) is 10.7. The number of hydrogen-bond acceptors (Lipinski definition) is 2. The van der Waals surface area contributed by atoms with Crippen molar-refractivity contribution < 1.29 is 9.90 Å². The Morgan fingerprint density at radius 2 is 2.06 bits per heavy atom. The van der Waals surface area contributed by atoms with E-state index in [-0.39, 0.29) is 6.42 Å². The number of aliphatic carboxylic acids is 1. The summed E-state index contributed by atoms with van der Waals surface area (Å²) < 4.78 is 1.74. The molecule has 0 fully saturated rings. The van der Waals surface area contributed by atoms with Crippen LogP contribution >= 0.6 is 0 Å². The normalized spacial score (nSPS) is 10.6. The van der Waals surface area contributed by atoms with Gasteiger partial charge in [-0.25, -0.2) is 0 Å². The van der Waals surface area contributed by atoms with Crippen LogP contribution in [0.1, 0.15) is 17.7 Å². The van der Waals surface area contributed by atoms with Gasteiger partial charge in [-0.05, 0) is 18.1 Å². The molecule has 94 valence electrons. The molecular formula is C14H16N2O2. The highest BCUT2D eigenvalue weighted by atomic mass is 16.4. The van der Waals surface area contributed by atoms with Crippen LogP contribution in [-0.2, 0) is 18.3 Å². The number of hydrogen-bond donors (Lipinski definition) is 1. The molecule has 2 rings (SSSR count). The van der Waals surface area contributed by atoms with Gasteiger partial charge in [-0.1, -0.05) is 24.3 Å². The lowest BCUT2D eigenvalue weighted by atomic mass is 9.99. The predicted octanol–water partition coefficient (Wildman–Crippen LogP) is 2.41. The largest absolute Gasteiger partial charge is 0.481 e. The molecule has 0 saturated carbocycles. The monoisotopic (exact) mass is 244 g/mol. The Hall–Kier alpha value is -2.10. The number of carboxylic acids is 1. The summed E-state index contributed by atoms with van der Waals surface area (Å²) >= 11 is 0. The summed E-state index contributed by atoms with van der Waals surface area (Å²) in [6.07, 6.45) is 2.51. The van der Waals surface area contributed by atoms with Gasteiger partial charge in [0.2, 0.25) is 0 Å². The second-order valence-corrected chi connectivity index (χ2v) is 4.37. The van der Waals surface area contributed by atoms with Crippen molar-refractivity contribution in [3.05, 3.63) is 41.7 Å². The van der Waals surface area contributed by atoms with Crippen molar-refractivity contribution in [2.24, 2.45) is 7.05 Å². The van der Waals surface area contributed by atoms with E-state index in [1.54, 1.807) is 4.68 Å². The lowest BCUT2D eigenvalue weighted by Gasteiger charge is -2.04. The maximum Gasteiger partial charge on any atom is 0.303 e. The molecule has 1 aromatic carbocycles. The van der Waals surface area contributed by atoms with Crippen LogP contribution in [0.3, 0.4) is 0 Å². The molecule has 4 heteroatoms. The first kappa shape index (κ1) is 12.4. The Bertz CT molecular complexity index is 573. The lowest BCUT2D eigenvalue weighted by molar-refractivity contribution is -0.136. The molecule has 0 aliphatic rings. The average Bonchev–Trinajstić information content (AvgIpc) is 2.68. The first-order valence-electron chi connectivity index (χ1n) is 5.88. The zero-order chi connectivity index (χ0) is 13.1. The third kappa shape index (κ3) is 2.59. The average molecular weight is 244 g/mol. The first-order valence-corrected chi connectivity index (χ1v) is 5.88. The number of aromatic nitrogens is 2. The SMILES string of the molecule is Cc1ccccc1-c1cn(C)nc1CCC(=O)O. The molecule has 0 bridgehead atoms. The van der Waals surface area contributed by atoms with Crippen LogP contribution in [0.5, 0.6) is 0 Å². The molecule has 0 aliphatic heterocycles. The third-order valence-electron chi connectivity index (χ3n) is 2.92. The number of nitrogens with zero attached hydrogens (tertiary/aromatic N) is 2. The maximum atomic E-state index is 10.7. The summed E-state index contributed by atoms with van der Waals surface area (Å²) in [5, 5.41) is 13.1. The number of carboxylic acid groups (broad SMARTS) is 1. The summed E-state index contributed by atoms with van der Waals surface area (Å²) in [6.45, 7) is 2.04. The zero-order valence-corrected chi connectivity index (χ0v) is 10.6. The van der Waals surface area contributed by atoms with Crippen molar-refractivity contribution in [3.63, 3.8) is 0 Å². The highest BCUT2D eigenvalue weighted by molar-refractivity contribution is 5.71. The molecule has 0 spiro atoms. The third-order valence-corrected chi connectivity index (χ3v) is 2.92. The van der Waals surface area contributed by atoms with Crippen LogP contribution in [-0.4, -0.2) is 20.9 Å². The fourth-order valence-corrected chi connectivity index (χ4v) is 2.04. The molecule has 4 nitrogen and oxygen atoms in total. The molecule has 1 heterocycles. The second kappa shape index (κ2) is 5.04. The number of carbonyl (C=O) groups is 1. The van der Waals surface area contributed by atoms with Crippen LogP contribution in [0.2, 0.25) is 0 Å². The molecule has 0 amide bonds. The lowest BCUT2D eigenvalue weighted by Crippen LogP contribution is -2.00. The fourth-order valence-electron chi connectivity index (χ4n) is 2.04. The number of benzene rings is 1. The molecule has 1 N–H and O–H groups in total. The van der Waals surface area contributed by atoms with Gasteiger partial charge < -0.3 is 5.11 Å². The molecule has 0 unspecified atom stereocenters. The maximum absolute atomic E-state index is 10.7. The molecule has 0 radical (unpaired) electrons. The van der Waals surface area contributed by atoms with Crippen molar-refractivity contribution >= 4 is 5.97 Å². The highest BCUT2D eigenvalue weighted by Crippen LogP contribution is 2.26. The van der Waals surface area contributed by atoms with E-state index in [1.807, 2.05) is 44.4 Å². The standard InChI is InChI=1S/C14H16N2O2/c1-10-5-3-4-6-11(10)12-9-16(2)15-13(12)7-8-14(17)18/h3-6,9H,7-8H2,1-2H3,(H,17,18). The van der Waals surface area contributed by atoms with Gasteiger partial charge in [-0.15, -0.1) is 0 Å². The number of rotatable bonds is 4. The molecule has 1 aromatic heterocycles. The Balaban J connectivity index is 2.38. The second-order valence-electron chi connectivity index (χ2n) is 4.37. The minimum absolute atomic E-state index is 0.107. The van der Waals surface area contributed by atoms with E-state index in [1.165, 1.54) is 5.56 Å². The van der Waals surface area contributed by atoms with Gasteiger partial charge in [0.15, 0.2) is 0 Å². The van der Waals surface area contributed by atoms with Crippen LogP contribution in [0, 0.1) is 6.92 Å².